The van der Waals surface area contributed by atoms with Crippen LogP contribution < -0.4 is 5.84 Å². The van der Waals surface area contributed by atoms with Crippen LogP contribution in [0.4, 0.5) is 13.2 Å². The van der Waals surface area contributed by atoms with Crippen molar-refractivity contribution in [2.45, 2.75) is 20.0 Å². The Morgan fingerprint density at radius 1 is 1.35 bits per heavy atom. The molecule has 0 heterocycles. The van der Waals surface area contributed by atoms with E-state index in [0.29, 0.717) is 0 Å². The normalized spacial score (nSPS) is 12.9. The van der Waals surface area contributed by atoms with E-state index >= 15 is 0 Å². The predicted octanol–water partition coefficient (Wildman–Crippen LogP) is 0.760. The van der Waals surface area contributed by atoms with E-state index in [9.17, 15) is 22.8 Å². The molecule has 0 rings (SSSR count). The smallest absolute Gasteiger partial charge is 0.455 e. The lowest BCUT2D eigenvalue weighted by molar-refractivity contribution is -0.169. The van der Waals surface area contributed by atoms with Crippen LogP contribution in [0.25, 0.3) is 0 Å². The molecule has 2 N–H and O–H groups in total. The second-order valence-electron chi connectivity index (χ2n) is 3.12. The fourth-order valence-electron chi connectivity index (χ4n) is 0.926. The number of alkyl halides is 3. The zero-order valence-electron chi connectivity index (χ0n) is 9.59. The number of Topliss-reactive ketones (excluding diaryl/α,β-unsaturated/α-hetero) is 1. The average molecular weight is 254 g/mol. The number of ether oxygens (including phenoxy) is 1. The summed E-state index contributed by atoms with van der Waals surface area (Å²) in [7, 11) is 1.21. The van der Waals surface area contributed by atoms with Gasteiger partial charge in [-0.05, 0) is 13.8 Å². The van der Waals surface area contributed by atoms with Crippen molar-refractivity contribution in [3.8, 4) is 0 Å². The first-order chi connectivity index (χ1) is 7.62. The summed E-state index contributed by atoms with van der Waals surface area (Å²) in [6.07, 6.45) is -5.15. The highest BCUT2D eigenvalue weighted by Crippen LogP contribution is 2.23. The van der Waals surface area contributed by atoms with Gasteiger partial charge in [0.2, 0.25) is 0 Å². The van der Waals surface area contributed by atoms with Gasteiger partial charge >= 0.3 is 12.1 Å². The van der Waals surface area contributed by atoms with Crippen LogP contribution in [0, 0.1) is 0 Å². The van der Waals surface area contributed by atoms with Crippen molar-refractivity contribution in [2.24, 2.45) is 5.84 Å². The summed E-state index contributed by atoms with van der Waals surface area (Å²) in [5.41, 5.74) is -1.42. The third-order valence-electron chi connectivity index (χ3n) is 1.85. The molecule has 0 amide bonds. The Labute approximate surface area is 96.0 Å². The molecular formula is C9H13F3N2O3. The molecule has 0 aliphatic rings. The summed E-state index contributed by atoms with van der Waals surface area (Å²) in [6.45, 7) is 2.39. The van der Waals surface area contributed by atoms with Gasteiger partial charge in [-0.3, -0.25) is 4.79 Å². The topological polar surface area (TPSA) is 72.6 Å². The van der Waals surface area contributed by atoms with Gasteiger partial charge in [-0.15, -0.1) is 0 Å². The van der Waals surface area contributed by atoms with Gasteiger partial charge in [0.1, 0.15) is 5.57 Å². The minimum Gasteiger partial charge on any atom is -0.462 e. The molecule has 0 atom stereocenters. The van der Waals surface area contributed by atoms with E-state index < -0.39 is 23.5 Å². The zero-order valence-corrected chi connectivity index (χ0v) is 9.59. The van der Waals surface area contributed by atoms with Crippen molar-refractivity contribution in [3.05, 3.63) is 11.3 Å². The fraction of sp³-hybridized carbons (Fsp3) is 0.556. The van der Waals surface area contributed by atoms with Crippen LogP contribution in [0.3, 0.4) is 0 Å². The molecule has 0 unspecified atom stereocenters. The summed E-state index contributed by atoms with van der Waals surface area (Å²) >= 11 is 0. The molecule has 0 aromatic carbocycles. The molecule has 0 saturated carbocycles. The highest BCUT2D eigenvalue weighted by molar-refractivity contribution is 6.19. The summed E-state index contributed by atoms with van der Waals surface area (Å²) < 4.78 is 41.2. The Kier molecular flexibility index (Phi) is 5.14. The molecule has 0 aromatic rings. The number of allylic oxidation sites excluding steroid dienone is 1. The van der Waals surface area contributed by atoms with Crippen LogP contribution in [0.15, 0.2) is 11.3 Å². The lowest BCUT2D eigenvalue weighted by atomic mass is 10.1. The van der Waals surface area contributed by atoms with E-state index in [-0.39, 0.29) is 12.3 Å². The third kappa shape index (κ3) is 4.06. The number of hydrazine groups is 1. The Hall–Kier alpha value is -1.57. The summed E-state index contributed by atoms with van der Waals surface area (Å²) in [4.78, 5) is 22.4. The molecular weight excluding hydrogens is 241 g/mol. The van der Waals surface area contributed by atoms with Crippen molar-refractivity contribution in [3.63, 3.8) is 0 Å². The predicted molar refractivity (Wildman–Crippen MR) is 52.3 cm³/mol. The summed E-state index contributed by atoms with van der Waals surface area (Å²) in [5, 5.41) is 0.746. The van der Waals surface area contributed by atoms with Crippen molar-refractivity contribution >= 4 is 11.8 Å². The first kappa shape index (κ1) is 15.4. The second kappa shape index (κ2) is 5.67. The molecule has 0 saturated heterocycles. The molecule has 0 aliphatic carbocycles. The molecule has 98 valence electrons. The van der Waals surface area contributed by atoms with Gasteiger partial charge < -0.3 is 9.75 Å². The summed E-state index contributed by atoms with van der Waals surface area (Å²) in [6, 6.07) is 0. The van der Waals surface area contributed by atoms with Crippen LogP contribution in [-0.4, -0.2) is 36.6 Å². The molecule has 8 heteroatoms. The van der Waals surface area contributed by atoms with Crippen LogP contribution in [-0.2, 0) is 14.3 Å². The van der Waals surface area contributed by atoms with Crippen LogP contribution in [0.5, 0.6) is 0 Å². The third-order valence-corrected chi connectivity index (χ3v) is 1.85. The van der Waals surface area contributed by atoms with E-state index in [4.69, 9.17) is 5.84 Å². The quantitative estimate of drug-likeness (QED) is 0.200. The summed E-state index contributed by atoms with van der Waals surface area (Å²) in [5.74, 6) is 1.58. The lowest BCUT2D eigenvalue weighted by Gasteiger charge is -2.17. The van der Waals surface area contributed by atoms with E-state index in [1.54, 1.807) is 0 Å². The largest absolute Gasteiger partial charge is 0.462 e. The Morgan fingerprint density at radius 3 is 2.12 bits per heavy atom. The van der Waals surface area contributed by atoms with E-state index in [1.807, 2.05) is 0 Å². The molecule has 0 fully saturated rings. The Balaban J connectivity index is 5.51. The number of carbonyl (C=O) groups excluding carboxylic acids is 2. The fourth-order valence-corrected chi connectivity index (χ4v) is 0.926. The highest BCUT2D eigenvalue weighted by Gasteiger charge is 2.44. The van der Waals surface area contributed by atoms with Crippen LogP contribution in [0.2, 0.25) is 0 Å². The lowest BCUT2D eigenvalue weighted by Crippen LogP contribution is -2.34. The van der Waals surface area contributed by atoms with Gasteiger partial charge in [-0.2, -0.15) is 13.2 Å². The maximum atomic E-state index is 12.3. The second-order valence-corrected chi connectivity index (χ2v) is 3.12. The number of carbonyl (C=O) groups is 2. The standard InChI is InChI=1S/C9H13F3N2O3/c1-4-17-8(16)6(5(2)14(3)13)7(15)9(10,11)12/h4,13H2,1-3H3/b6-5+. The number of nitrogens with zero attached hydrogens (tertiary/aromatic N) is 1. The van der Waals surface area contributed by atoms with Crippen LogP contribution >= 0.6 is 0 Å². The van der Waals surface area contributed by atoms with E-state index in [0.717, 1.165) is 11.9 Å². The highest BCUT2D eigenvalue weighted by atomic mass is 19.4. The van der Waals surface area contributed by atoms with E-state index in [2.05, 4.69) is 4.74 Å². The first-order valence-electron chi connectivity index (χ1n) is 4.60. The Bertz CT molecular complexity index is 348. The number of hydrogen-bond donors (Lipinski definition) is 1. The molecule has 17 heavy (non-hydrogen) atoms. The van der Waals surface area contributed by atoms with Gasteiger partial charge in [-0.25, -0.2) is 10.6 Å². The van der Waals surface area contributed by atoms with Crippen molar-refractivity contribution in [1.82, 2.24) is 5.01 Å². The van der Waals surface area contributed by atoms with Crippen molar-refractivity contribution < 1.29 is 27.5 Å². The number of nitrogens with two attached hydrogens (primary N) is 1. The first-order valence-corrected chi connectivity index (χ1v) is 4.60. The minimum absolute atomic E-state index is 0.144. The Morgan fingerprint density at radius 2 is 1.82 bits per heavy atom. The molecule has 0 aliphatic heterocycles. The SMILES string of the molecule is CCOC(=O)/C(C(=O)C(F)(F)F)=C(\C)N(C)N. The van der Waals surface area contributed by atoms with Gasteiger partial charge in [0.25, 0.3) is 5.78 Å². The average Bonchev–Trinajstić information content (AvgIpc) is 2.16. The van der Waals surface area contributed by atoms with Crippen LogP contribution in [0.1, 0.15) is 13.8 Å². The number of hydrogen-bond acceptors (Lipinski definition) is 5. The van der Waals surface area contributed by atoms with E-state index in [1.165, 1.54) is 14.0 Å². The van der Waals surface area contributed by atoms with Gasteiger partial charge in [0.05, 0.1) is 6.61 Å². The zero-order chi connectivity index (χ0) is 13.8. The molecule has 0 aromatic heterocycles. The molecule has 0 radical (unpaired) electrons. The maximum Gasteiger partial charge on any atom is 0.455 e. The number of rotatable bonds is 4. The minimum atomic E-state index is -5.15. The molecule has 0 spiro atoms. The number of ketones is 1. The number of halogens is 3. The maximum absolute atomic E-state index is 12.3. The van der Waals surface area contributed by atoms with Crippen molar-refractivity contribution in [2.75, 3.05) is 13.7 Å². The van der Waals surface area contributed by atoms with Gasteiger partial charge in [0, 0.05) is 12.7 Å². The monoisotopic (exact) mass is 254 g/mol. The number of esters is 1. The van der Waals surface area contributed by atoms with Gasteiger partial charge in [-0.1, -0.05) is 0 Å². The molecule has 5 nitrogen and oxygen atoms in total. The van der Waals surface area contributed by atoms with Gasteiger partial charge in [0.15, 0.2) is 0 Å². The molecule has 0 bridgehead atoms. The van der Waals surface area contributed by atoms with Crippen molar-refractivity contribution in [1.29, 1.82) is 0 Å².